The second kappa shape index (κ2) is 12.4. The maximum atomic E-state index is 14.7. The number of ether oxygens (including phenoxy) is 1. The van der Waals surface area contributed by atoms with Crippen molar-refractivity contribution in [1.29, 1.82) is 0 Å². The summed E-state index contributed by atoms with van der Waals surface area (Å²) in [5.41, 5.74) is 2.24. The van der Waals surface area contributed by atoms with Crippen molar-refractivity contribution in [3.8, 4) is 22.5 Å². The number of H-pyrrole nitrogens is 1. The fourth-order valence-electron chi connectivity index (χ4n) is 8.04. The first kappa shape index (κ1) is 29.2. The summed E-state index contributed by atoms with van der Waals surface area (Å²) in [4.78, 5) is 28.9. The fourth-order valence-corrected chi connectivity index (χ4v) is 8.04. The Morgan fingerprint density at radius 2 is 1.91 bits per heavy atom. The Morgan fingerprint density at radius 1 is 1.09 bits per heavy atom. The summed E-state index contributed by atoms with van der Waals surface area (Å²) >= 11 is 0. The predicted octanol–water partition coefficient (Wildman–Crippen LogP) is 5.76. The van der Waals surface area contributed by atoms with Gasteiger partial charge in [-0.2, -0.15) is 5.21 Å². The average Bonchev–Trinajstić information content (AvgIpc) is 3.75. The van der Waals surface area contributed by atoms with Gasteiger partial charge in [-0.1, -0.05) is 74.4 Å². The predicted molar refractivity (Wildman–Crippen MR) is 164 cm³/mol. The van der Waals surface area contributed by atoms with Gasteiger partial charge in [-0.05, 0) is 67.4 Å². The summed E-state index contributed by atoms with van der Waals surface area (Å²) in [5, 5.41) is 19.3. The van der Waals surface area contributed by atoms with E-state index >= 15 is 0 Å². The van der Waals surface area contributed by atoms with Crippen LogP contribution in [0.4, 0.5) is 0 Å². The van der Waals surface area contributed by atoms with Crippen molar-refractivity contribution < 1.29 is 14.3 Å². The van der Waals surface area contributed by atoms with Gasteiger partial charge < -0.3 is 9.75 Å². The number of aromatic amines is 1. The lowest BCUT2D eigenvalue weighted by atomic mass is 9.48. The molecule has 3 unspecified atom stereocenters. The number of nitrogens with zero attached hydrogens (tertiary/aromatic N) is 5. The fraction of sp³-hybridized carbons (Fsp3) is 0.500. The minimum atomic E-state index is -0.887. The van der Waals surface area contributed by atoms with E-state index in [2.05, 4.69) is 80.2 Å². The first-order valence-electron chi connectivity index (χ1n) is 15.9. The van der Waals surface area contributed by atoms with E-state index in [0.29, 0.717) is 38.1 Å². The van der Waals surface area contributed by atoms with Gasteiger partial charge in [0.25, 0.3) is 0 Å². The number of rotatable bonds is 10. The quantitative estimate of drug-likeness (QED) is 0.301. The number of unbranched alkanes of at least 4 members (excludes halogenated alkanes) is 1. The molecule has 1 N–H and O–H groups in total. The average molecular weight is 583 g/mol. The Bertz CT molecular complexity index is 1460. The highest BCUT2D eigenvalue weighted by Gasteiger charge is 2.66. The Hall–Kier alpha value is -3.85. The molecule has 3 atom stereocenters. The number of fused-ring (bicyclic) bond motifs is 1. The number of tetrazole rings is 1. The molecule has 6 rings (SSSR count). The summed E-state index contributed by atoms with van der Waals surface area (Å²) in [5.74, 6) is 0.572. The Labute approximate surface area is 253 Å². The van der Waals surface area contributed by atoms with Crippen molar-refractivity contribution >= 4 is 11.8 Å². The van der Waals surface area contributed by atoms with Gasteiger partial charge in [-0.25, -0.2) is 5.01 Å². The Morgan fingerprint density at radius 3 is 2.65 bits per heavy atom. The molecule has 1 saturated heterocycles. The van der Waals surface area contributed by atoms with Crippen LogP contribution >= 0.6 is 0 Å². The molecule has 226 valence electrons. The zero-order chi connectivity index (χ0) is 29.9. The highest BCUT2D eigenvalue weighted by molar-refractivity contribution is 5.95. The molecule has 2 fully saturated rings. The third kappa shape index (κ3) is 5.07. The first-order chi connectivity index (χ1) is 21.0. The van der Waals surface area contributed by atoms with Crippen molar-refractivity contribution in [2.24, 2.45) is 10.8 Å². The number of hydrazine groups is 1. The zero-order valence-corrected chi connectivity index (χ0v) is 25.3. The second-order valence-electron chi connectivity index (χ2n) is 12.1. The summed E-state index contributed by atoms with van der Waals surface area (Å²) in [7, 11) is 0. The van der Waals surface area contributed by atoms with Crippen LogP contribution in [0, 0.1) is 10.8 Å². The molecule has 2 aliphatic heterocycles. The van der Waals surface area contributed by atoms with Crippen molar-refractivity contribution in [2.45, 2.75) is 77.7 Å². The lowest BCUT2D eigenvalue weighted by molar-refractivity contribution is -0.193. The van der Waals surface area contributed by atoms with Crippen molar-refractivity contribution in [3.63, 3.8) is 0 Å². The molecule has 9 heteroatoms. The van der Waals surface area contributed by atoms with Gasteiger partial charge in [0.2, 0.25) is 5.82 Å². The molecular weight excluding hydrogens is 540 g/mol. The molecular formula is C34H42N6O3. The second-order valence-corrected chi connectivity index (χ2v) is 12.1. The van der Waals surface area contributed by atoms with Gasteiger partial charge in [0, 0.05) is 37.3 Å². The number of hydrogen-bond acceptors (Lipinski definition) is 8. The summed E-state index contributed by atoms with van der Waals surface area (Å²) in [6, 6.07) is 16.4. The molecule has 0 bridgehead atoms. The Balaban J connectivity index is 1.45. The SMILES string of the molecule is CCCCC1(C(=O)OCC)CCCC(=O)C1(Cc1ccc(-c2ccccc2-c2nn[nH]n2)cc1)C1CCCN2C=CCN12. The van der Waals surface area contributed by atoms with Crippen LogP contribution in [0.1, 0.15) is 70.8 Å². The molecule has 1 saturated carbocycles. The van der Waals surface area contributed by atoms with Crippen molar-refractivity contribution in [3.05, 3.63) is 66.4 Å². The number of carbonyl (C=O) groups excluding carboxylic acids is 2. The van der Waals surface area contributed by atoms with Gasteiger partial charge in [-0.3, -0.25) is 9.59 Å². The zero-order valence-electron chi connectivity index (χ0n) is 25.3. The lowest BCUT2D eigenvalue weighted by Gasteiger charge is -2.58. The normalized spacial score (nSPS) is 25.6. The third-order valence-electron chi connectivity index (χ3n) is 9.94. The largest absolute Gasteiger partial charge is 0.466 e. The number of aromatic nitrogens is 4. The van der Waals surface area contributed by atoms with Crippen LogP contribution in [0.5, 0.6) is 0 Å². The van der Waals surface area contributed by atoms with Crippen LogP contribution in [-0.4, -0.2) is 68.1 Å². The van der Waals surface area contributed by atoms with Gasteiger partial charge in [0.05, 0.1) is 17.4 Å². The van der Waals surface area contributed by atoms with Crippen LogP contribution in [-0.2, 0) is 20.7 Å². The maximum Gasteiger partial charge on any atom is 0.313 e. The van der Waals surface area contributed by atoms with Crippen molar-refractivity contribution in [1.82, 2.24) is 30.6 Å². The monoisotopic (exact) mass is 582 g/mol. The smallest absolute Gasteiger partial charge is 0.313 e. The van der Waals surface area contributed by atoms with Gasteiger partial charge in [-0.15, -0.1) is 10.2 Å². The highest BCUT2D eigenvalue weighted by atomic mass is 16.5. The van der Waals surface area contributed by atoms with Crippen molar-refractivity contribution in [2.75, 3.05) is 19.7 Å². The number of carbonyl (C=O) groups is 2. The molecule has 3 heterocycles. The van der Waals surface area contributed by atoms with Gasteiger partial charge in [0.15, 0.2) is 0 Å². The summed E-state index contributed by atoms with van der Waals surface area (Å²) in [6.07, 6.45) is 11.1. The van der Waals surface area contributed by atoms with Crippen LogP contribution < -0.4 is 0 Å². The van der Waals surface area contributed by atoms with Gasteiger partial charge >= 0.3 is 5.97 Å². The van der Waals surface area contributed by atoms with E-state index < -0.39 is 10.8 Å². The minimum Gasteiger partial charge on any atom is -0.466 e. The number of ketones is 1. The Kier molecular flexibility index (Phi) is 8.43. The van der Waals surface area contributed by atoms with E-state index in [1.54, 1.807) is 0 Å². The van der Waals surface area contributed by atoms with Crippen LogP contribution in [0.15, 0.2) is 60.8 Å². The molecule has 1 aliphatic carbocycles. The van der Waals surface area contributed by atoms with Crippen LogP contribution in [0.3, 0.4) is 0 Å². The van der Waals surface area contributed by atoms with E-state index in [4.69, 9.17) is 4.74 Å². The highest BCUT2D eigenvalue weighted by Crippen LogP contribution is 2.59. The molecule has 1 aromatic heterocycles. The van der Waals surface area contributed by atoms with Crippen LogP contribution in [0.2, 0.25) is 0 Å². The van der Waals surface area contributed by atoms with E-state index in [1.165, 1.54) is 0 Å². The molecule has 0 spiro atoms. The molecule has 3 aliphatic rings. The summed E-state index contributed by atoms with van der Waals surface area (Å²) < 4.78 is 5.89. The van der Waals surface area contributed by atoms with Gasteiger partial charge in [0.1, 0.15) is 5.78 Å². The molecule has 43 heavy (non-hydrogen) atoms. The van der Waals surface area contributed by atoms with E-state index in [1.807, 2.05) is 25.1 Å². The maximum absolute atomic E-state index is 14.7. The molecule has 3 aromatic rings. The van der Waals surface area contributed by atoms with Crippen LogP contribution in [0.25, 0.3) is 22.5 Å². The minimum absolute atomic E-state index is 0.0797. The standard InChI is InChI=1S/C34H42N6O3/c1-3-5-19-33(32(42)43-4-2)20-8-14-30(41)34(33,29-13-9-21-39-22-10-23-40(29)39)24-25-15-17-26(18-16-25)27-11-6-7-12-28(27)31-35-37-38-36-31/h6-7,10-12,15-18,22,29H,3-5,8-9,13-14,19-21,23-24H2,1-2H3,(H,35,36,37,38). The number of nitrogens with one attached hydrogen (secondary N) is 1. The molecule has 2 aromatic carbocycles. The van der Waals surface area contributed by atoms with E-state index in [0.717, 1.165) is 67.4 Å². The number of hydrogen-bond donors (Lipinski definition) is 1. The number of benzene rings is 2. The summed E-state index contributed by atoms with van der Waals surface area (Å²) in [6.45, 7) is 6.04. The topological polar surface area (TPSA) is 104 Å². The molecule has 9 nitrogen and oxygen atoms in total. The molecule has 0 amide bonds. The number of Topliss-reactive ketones (excluding diaryl/α,β-unsaturated/α-hetero) is 1. The lowest BCUT2D eigenvalue weighted by Crippen LogP contribution is -2.68. The number of esters is 1. The van der Waals surface area contributed by atoms with E-state index in [9.17, 15) is 9.59 Å². The first-order valence-corrected chi connectivity index (χ1v) is 15.9. The molecule has 0 radical (unpaired) electrons. The third-order valence-corrected chi connectivity index (χ3v) is 9.94. The van der Waals surface area contributed by atoms with E-state index in [-0.39, 0.29) is 17.8 Å².